The number of hydrogen-bond acceptors (Lipinski definition) is 4. The number of phosphoric acid groups is 1. The van der Waals surface area contributed by atoms with Gasteiger partial charge >= 0.3 is 7.82 Å². The van der Waals surface area contributed by atoms with Gasteiger partial charge in [0.05, 0.1) is 0 Å². The van der Waals surface area contributed by atoms with Crippen LogP contribution in [0.4, 0.5) is 17.6 Å². The molecule has 0 amide bonds. The fourth-order valence-electron chi connectivity index (χ4n) is 0.523. The first-order valence-corrected chi connectivity index (χ1v) is 5.39. The second-order valence-corrected chi connectivity index (χ2v) is 3.97. The van der Waals surface area contributed by atoms with Crippen LogP contribution in [0.25, 0.3) is 0 Å². The molecule has 0 saturated heterocycles. The molecule has 0 saturated carbocycles. The summed E-state index contributed by atoms with van der Waals surface area (Å²) in [4.78, 5) is 0. The van der Waals surface area contributed by atoms with E-state index >= 15 is 0 Å². The Morgan fingerprint density at radius 2 is 1.50 bits per heavy atom. The van der Waals surface area contributed by atoms with Gasteiger partial charge in [0, 0.05) is 0 Å². The zero-order chi connectivity index (χ0) is 12.6. The van der Waals surface area contributed by atoms with Gasteiger partial charge in [0.15, 0.2) is 0 Å². The first-order chi connectivity index (χ1) is 7.39. The predicted octanol–water partition coefficient (Wildman–Crippen LogP) is 2.31. The lowest BCUT2D eigenvalue weighted by atomic mass is 10.8. The van der Waals surface area contributed by atoms with Gasteiger partial charge in [0.1, 0.15) is 19.8 Å². The van der Waals surface area contributed by atoms with Gasteiger partial charge < -0.3 is 0 Å². The van der Waals surface area contributed by atoms with Crippen LogP contribution in [0.3, 0.4) is 0 Å². The maximum Gasteiger partial charge on any atom is 0.476 e. The molecule has 0 aromatic heterocycles. The Hall–Kier alpha value is -0.610. The molecular formula is C7H9F4O4P. The lowest BCUT2D eigenvalue weighted by molar-refractivity contribution is 0.0218. The quantitative estimate of drug-likeness (QED) is 0.383. The van der Waals surface area contributed by atoms with Crippen molar-refractivity contribution in [1.29, 1.82) is 0 Å². The highest BCUT2D eigenvalue weighted by Crippen LogP contribution is 2.49. The van der Waals surface area contributed by atoms with Crippen LogP contribution in [-0.4, -0.2) is 32.7 Å². The molecule has 0 spiro atoms. The SMILES string of the molecule is C#CCOP(=O)(OCC(F)F)OCC(F)F. The Balaban J connectivity index is 4.25. The average Bonchev–Trinajstić information content (AvgIpc) is 2.21. The lowest BCUT2D eigenvalue weighted by Crippen LogP contribution is -2.10. The Morgan fingerprint density at radius 3 is 1.81 bits per heavy atom. The third-order valence-corrected chi connectivity index (χ3v) is 2.40. The molecule has 94 valence electrons. The molecule has 0 N–H and O–H groups in total. The Kier molecular flexibility index (Phi) is 7.34. The molecule has 0 rings (SSSR count). The summed E-state index contributed by atoms with van der Waals surface area (Å²) in [6.07, 6.45) is -1.12. The predicted molar refractivity (Wildman–Crippen MR) is 46.3 cm³/mol. The molecule has 0 fully saturated rings. The van der Waals surface area contributed by atoms with E-state index in [4.69, 9.17) is 6.42 Å². The molecule has 0 heterocycles. The van der Waals surface area contributed by atoms with E-state index in [1.807, 2.05) is 5.92 Å². The van der Waals surface area contributed by atoms with E-state index in [1.165, 1.54) is 0 Å². The first kappa shape index (κ1) is 15.4. The molecule has 0 bridgehead atoms. The average molecular weight is 264 g/mol. The molecule has 4 nitrogen and oxygen atoms in total. The van der Waals surface area contributed by atoms with Gasteiger partial charge in [-0.3, -0.25) is 13.6 Å². The molecule has 0 radical (unpaired) electrons. The summed E-state index contributed by atoms with van der Waals surface area (Å²) in [6, 6.07) is 0. The lowest BCUT2D eigenvalue weighted by Gasteiger charge is -2.16. The van der Waals surface area contributed by atoms with E-state index in [0.29, 0.717) is 0 Å². The van der Waals surface area contributed by atoms with Gasteiger partial charge in [-0.05, 0) is 0 Å². The highest BCUT2D eigenvalue weighted by atomic mass is 31.2. The van der Waals surface area contributed by atoms with E-state index in [9.17, 15) is 22.1 Å². The normalized spacial score (nSPS) is 12.1. The van der Waals surface area contributed by atoms with Crippen LogP contribution in [0, 0.1) is 12.3 Å². The number of rotatable bonds is 8. The third-order valence-electron chi connectivity index (χ3n) is 1.02. The summed E-state index contributed by atoms with van der Waals surface area (Å²) >= 11 is 0. The highest BCUT2D eigenvalue weighted by Gasteiger charge is 2.29. The fourth-order valence-corrected chi connectivity index (χ4v) is 1.57. The summed E-state index contributed by atoms with van der Waals surface area (Å²) in [5, 5.41) is 0. The largest absolute Gasteiger partial charge is 0.476 e. The maximum absolute atomic E-state index is 11.7. The Labute approximate surface area is 89.5 Å². The van der Waals surface area contributed by atoms with Crippen LogP contribution in [-0.2, 0) is 18.1 Å². The van der Waals surface area contributed by atoms with Crippen molar-refractivity contribution in [1.82, 2.24) is 0 Å². The molecule has 9 heteroatoms. The molecule has 0 aromatic rings. The molecule has 16 heavy (non-hydrogen) atoms. The zero-order valence-corrected chi connectivity index (χ0v) is 8.84. The maximum atomic E-state index is 11.7. The second kappa shape index (κ2) is 7.63. The van der Waals surface area contributed by atoms with Gasteiger partial charge in [-0.15, -0.1) is 6.42 Å². The number of phosphoric ester groups is 1. The van der Waals surface area contributed by atoms with Crippen molar-refractivity contribution in [2.24, 2.45) is 0 Å². The molecular weight excluding hydrogens is 255 g/mol. The van der Waals surface area contributed by atoms with Crippen molar-refractivity contribution in [3.63, 3.8) is 0 Å². The van der Waals surface area contributed by atoms with Crippen LogP contribution in [0.1, 0.15) is 0 Å². The van der Waals surface area contributed by atoms with Crippen molar-refractivity contribution in [3.05, 3.63) is 0 Å². The van der Waals surface area contributed by atoms with Gasteiger partial charge in [-0.1, -0.05) is 5.92 Å². The van der Waals surface area contributed by atoms with E-state index in [-0.39, 0.29) is 0 Å². The standard InChI is InChI=1S/C7H9F4O4P/c1-2-3-13-16(12,14-4-6(8)9)15-5-7(10)11/h1,6-7H,3-5H2. The summed E-state index contributed by atoms with van der Waals surface area (Å²) in [7, 11) is -4.45. The van der Waals surface area contributed by atoms with Crippen LogP contribution >= 0.6 is 7.82 Å². The Morgan fingerprint density at radius 1 is 1.06 bits per heavy atom. The van der Waals surface area contributed by atoms with Crippen molar-refractivity contribution in [2.75, 3.05) is 19.8 Å². The summed E-state index contributed by atoms with van der Waals surface area (Å²) in [5.74, 6) is 1.87. The summed E-state index contributed by atoms with van der Waals surface area (Å²) in [6.45, 7) is -3.08. The Bertz CT molecular complexity index is 262. The number of halogens is 4. The van der Waals surface area contributed by atoms with Crippen LogP contribution < -0.4 is 0 Å². The highest BCUT2D eigenvalue weighted by molar-refractivity contribution is 7.48. The van der Waals surface area contributed by atoms with Crippen molar-refractivity contribution in [2.45, 2.75) is 12.9 Å². The van der Waals surface area contributed by atoms with E-state index in [0.717, 1.165) is 0 Å². The summed E-state index contributed by atoms with van der Waals surface area (Å²) < 4.78 is 70.8. The van der Waals surface area contributed by atoms with Crippen LogP contribution in [0.15, 0.2) is 0 Å². The second-order valence-electron chi connectivity index (χ2n) is 2.30. The van der Waals surface area contributed by atoms with E-state index < -0.39 is 40.5 Å². The number of hydrogen-bond donors (Lipinski definition) is 0. The molecule has 0 atom stereocenters. The fraction of sp³-hybridized carbons (Fsp3) is 0.714. The van der Waals surface area contributed by atoms with Gasteiger partial charge in [-0.25, -0.2) is 22.1 Å². The minimum atomic E-state index is -4.45. The summed E-state index contributed by atoms with van der Waals surface area (Å²) in [5.41, 5.74) is 0. The monoisotopic (exact) mass is 264 g/mol. The van der Waals surface area contributed by atoms with Crippen LogP contribution in [0.5, 0.6) is 0 Å². The van der Waals surface area contributed by atoms with Crippen molar-refractivity contribution >= 4 is 7.82 Å². The topological polar surface area (TPSA) is 44.8 Å². The molecule has 0 aliphatic rings. The van der Waals surface area contributed by atoms with Crippen LogP contribution in [0.2, 0.25) is 0 Å². The first-order valence-electron chi connectivity index (χ1n) is 3.93. The van der Waals surface area contributed by atoms with Gasteiger partial charge in [0.2, 0.25) is 0 Å². The number of terminal acetylenes is 1. The van der Waals surface area contributed by atoms with E-state index in [2.05, 4.69) is 13.6 Å². The smallest absolute Gasteiger partial charge is 0.281 e. The van der Waals surface area contributed by atoms with Crippen molar-refractivity contribution in [3.8, 4) is 12.3 Å². The number of alkyl halides is 4. The zero-order valence-electron chi connectivity index (χ0n) is 7.95. The van der Waals surface area contributed by atoms with Gasteiger partial charge in [-0.2, -0.15) is 0 Å². The van der Waals surface area contributed by atoms with Gasteiger partial charge in [0.25, 0.3) is 12.9 Å². The minimum absolute atomic E-state index is 0.566. The molecule has 0 aliphatic carbocycles. The molecule has 0 aliphatic heterocycles. The van der Waals surface area contributed by atoms with E-state index in [1.54, 1.807) is 0 Å². The molecule has 0 aromatic carbocycles. The third kappa shape index (κ3) is 7.65. The minimum Gasteiger partial charge on any atom is -0.281 e. The van der Waals surface area contributed by atoms with Crippen molar-refractivity contribution < 1.29 is 35.7 Å². The molecule has 0 unspecified atom stereocenters.